The highest BCUT2D eigenvalue weighted by Crippen LogP contribution is 2.16. The van der Waals surface area contributed by atoms with Crippen molar-refractivity contribution in [1.82, 2.24) is 0 Å². The van der Waals surface area contributed by atoms with Crippen LogP contribution < -0.4 is 12.4 Å². The maximum atomic E-state index is 2.33. The molecule has 26 heavy (non-hydrogen) atoms. The number of hydrogen-bond donors (Lipinski definition) is 0. The number of rotatable bonds is 13. The van der Waals surface area contributed by atoms with E-state index in [0.717, 1.165) is 6.42 Å². The van der Waals surface area contributed by atoms with Crippen LogP contribution in [0.5, 0.6) is 0 Å². The summed E-state index contributed by atoms with van der Waals surface area (Å²) in [5.74, 6) is 0. The highest BCUT2D eigenvalue weighted by Gasteiger charge is 2.24. The van der Waals surface area contributed by atoms with Crippen LogP contribution in [0.4, 0.5) is 0 Å². The second kappa shape index (κ2) is 19.2. The first kappa shape index (κ1) is 27.7. The fraction of sp³-hybridized carbons (Fsp3) is 0.750. The van der Waals surface area contributed by atoms with Gasteiger partial charge < -0.3 is 16.9 Å². The molecule has 0 N–H and O–H groups in total. The zero-order valence-electron chi connectivity index (χ0n) is 18.4. The molecule has 0 fully saturated rings. The minimum absolute atomic E-state index is 0. The van der Waals surface area contributed by atoms with E-state index >= 15 is 0 Å². The predicted molar refractivity (Wildman–Crippen MR) is 115 cm³/mol. The van der Waals surface area contributed by atoms with Crippen molar-refractivity contribution in [3.8, 4) is 0 Å². The Morgan fingerprint density at radius 3 is 1.15 bits per heavy atom. The summed E-state index contributed by atoms with van der Waals surface area (Å²) in [4.78, 5) is 0. The lowest BCUT2D eigenvalue weighted by Crippen LogP contribution is -3.00. The quantitative estimate of drug-likeness (QED) is 0.446. The average molecular weight is 384 g/mol. The Labute approximate surface area is 171 Å². The molecule has 0 saturated carbocycles. The smallest absolute Gasteiger partial charge is 0.0786 e. The van der Waals surface area contributed by atoms with Crippen LogP contribution in [-0.4, -0.2) is 30.7 Å². The number of quaternary nitrogens is 1. The van der Waals surface area contributed by atoms with Crippen molar-refractivity contribution >= 4 is 0 Å². The number of hydrogen-bond acceptors (Lipinski definition) is 0. The maximum absolute atomic E-state index is 2.33. The summed E-state index contributed by atoms with van der Waals surface area (Å²) in [5, 5.41) is 0. The van der Waals surface area contributed by atoms with Crippen LogP contribution in [0.25, 0.3) is 0 Å². The van der Waals surface area contributed by atoms with Gasteiger partial charge in [-0.3, -0.25) is 0 Å². The SMILES string of the molecule is CCCC[N+](CCCC)(CCCC)CCCC.CCc1ccccc1.[Cl-]. The molecule has 1 aromatic carbocycles. The van der Waals surface area contributed by atoms with Crippen LogP contribution >= 0.6 is 0 Å². The summed E-state index contributed by atoms with van der Waals surface area (Å²) in [6.45, 7) is 17.2. The molecule has 2 heteroatoms. The maximum Gasteiger partial charge on any atom is 0.0786 e. The zero-order valence-corrected chi connectivity index (χ0v) is 19.2. The third-order valence-corrected chi connectivity index (χ3v) is 5.20. The van der Waals surface area contributed by atoms with Crippen molar-refractivity contribution in [2.45, 2.75) is 92.4 Å². The Bertz CT molecular complexity index is 340. The molecule has 0 aromatic heterocycles. The number of unbranched alkanes of at least 4 members (excludes halogenated alkanes) is 4. The van der Waals surface area contributed by atoms with Gasteiger partial charge in [0.15, 0.2) is 0 Å². The lowest BCUT2D eigenvalue weighted by Gasteiger charge is -2.39. The standard InChI is InChI=1S/C16H36N.C8H10.ClH/c1-5-9-13-17(14-10-6-2,15-11-7-3)16-12-8-4;1-2-8-6-4-3-5-7-8;/h5-16H2,1-4H3;3-7H,2H2,1H3;1H/q+1;;/p-1. The van der Waals surface area contributed by atoms with E-state index in [2.05, 4.69) is 58.9 Å². The molecule has 0 radical (unpaired) electrons. The summed E-state index contributed by atoms with van der Waals surface area (Å²) >= 11 is 0. The van der Waals surface area contributed by atoms with Gasteiger partial charge in [0, 0.05) is 0 Å². The average Bonchev–Trinajstić information content (AvgIpc) is 2.68. The van der Waals surface area contributed by atoms with E-state index in [0.29, 0.717) is 0 Å². The van der Waals surface area contributed by atoms with Gasteiger partial charge in [-0.25, -0.2) is 0 Å². The van der Waals surface area contributed by atoms with Gasteiger partial charge in [-0.2, -0.15) is 0 Å². The van der Waals surface area contributed by atoms with E-state index in [9.17, 15) is 0 Å². The Hall–Kier alpha value is -0.530. The molecule has 0 atom stereocenters. The predicted octanol–water partition coefficient (Wildman–Crippen LogP) is 4.26. The van der Waals surface area contributed by atoms with Gasteiger partial charge in [-0.15, -0.1) is 0 Å². The Balaban J connectivity index is 0. The minimum Gasteiger partial charge on any atom is -1.00 e. The van der Waals surface area contributed by atoms with Crippen molar-refractivity contribution in [2.75, 3.05) is 26.2 Å². The molecule has 0 unspecified atom stereocenters. The molecule has 1 rings (SSSR count). The third-order valence-electron chi connectivity index (χ3n) is 5.20. The van der Waals surface area contributed by atoms with E-state index in [1.54, 1.807) is 0 Å². The second-order valence-corrected chi connectivity index (χ2v) is 7.49. The molecule has 0 saturated heterocycles. The largest absolute Gasteiger partial charge is 1.00 e. The highest BCUT2D eigenvalue weighted by atomic mass is 35.5. The van der Waals surface area contributed by atoms with Crippen LogP contribution in [0, 0.1) is 0 Å². The molecule has 0 heterocycles. The van der Waals surface area contributed by atoms with Gasteiger partial charge in [0.2, 0.25) is 0 Å². The van der Waals surface area contributed by atoms with Gasteiger partial charge in [0.1, 0.15) is 0 Å². The Kier molecular flexibility index (Phi) is 20.5. The molecule has 1 aromatic rings. The van der Waals surface area contributed by atoms with Crippen LogP contribution in [0.3, 0.4) is 0 Å². The molecular formula is C24H46ClN. The molecular weight excluding hydrogens is 338 g/mol. The molecule has 1 nitrogen and oxygen atoms in total. The number of halogens is 1. The zero-order chi connectivity index (χ0) is 18.8. The van der Waals surface area contributed by atoms with Crippen molar-refractivity contribution < 1.29 is 16.9 Å². The lowest BCUT2D eigenvalue weighted by atomic mass is 10.1. The molecule has 0 spiro atoms. The summed E-state index contributed by atoms with van der Waals surface area (Å²) in [6, 6.07) is 10.5. The van der Waals surface area contributed by atoms with E-state index in [1.165, 1.54) is 87.6 Å². The number of nitrogens with zero attached hydrogens (tertiary/aromatic N) is 1. The first-order chi connectivity index (χ1) is 12.2. The summed E-state index contributed by atoms with van der Waals surface area (Å²) in [7, 11) is 0. The van der Waals surface area contributed by atoms with E-state index < -0.39 is 0 Å². The van der Waals surface area contributed by atoms with Gasteiger partial charge >= 0.3 is 0 Å². The minimum atomic E-state index is 0. The topological polar surface area (TPSA) is 0 Å². The number of benzene rings is 1. The molecule has 0 aliphatic rings. The molecule has 0 aliphatic carbocycles. The van der Waals surface area contributed by atoms with Crippen molar-refractivity contribution in [3.63, 3.8) is 0 Å². The number of aryl methyl sites for hydroxylation is 1. The lowest BCUT2D eigenvalue weighted by molar-refractivity contribution is -0.929. The monoisotopic (exact) mass is 383 g/mol. The van der Waals surface area contributed by atoms with Crippen molar-refractivity contribution in [1.29, 1.82) is 0 Å². The first-order valence-electron chi connectivity index (χ1n) is 11.1. The van der Waals surface area contributed by atoms with Crippen molar-refractivity contribution in [3.05, 3.63) is 35.9 Å². The second-order valence-electron chi connectivity index (χ2n) is 7.49. The van der Waals surface area contributed by atoms with E-state index in [1.807, 2.05) is 6.07 Å². The van der Waals surface area contributed by atoms with Gasteiger partial charge in [-0.05, 0) is 37.7 Å². The Morgan fingerprint density at radius 1 is 0.577 bits per heavy atom. The van der Waals surface area contributed by atoms with Gasteiger partial charge in [0.05, 0.1) is 26.2 Å². The van der Waals surface area contributed by atoms with E-state index in [4.69, 9.17) is 0 Å². The summed E-state index contributed by atoms with van der Waals surface area (Å²) < 4.78 is 1.42. The van der Waals surface area contributed by atoms with Crippen molar-refractivity contribution in [2.24, 2.45) is 0 Å². The first-order valence-corrected chi connectivity index (χ1v) is 11.1. The van der Waals surface area contributed by atoms with Crippen LogP contribution in [0.2, 0.25) is 0 Å². The van der Waals surface area contributed by atoms with Crippen LogP contribution in [-0.2, 0) is 6.42 Å². The summed E-state index contributed by atoms with van der Waals surface area (Å²) in [6.07, 6.45) is 12.2. The fourth-order valence-electron chi connectivity index (χ4n) is 3.36. The normalized spacial score (nSPS) is 10.7. The summed E-state index contributed by atoms with van der Waals surface area (Å²) in [5.41, 5.74) is 1.41. The third kappa shape index (κ3) is 13.6. The van der Waals surface area contributed by atoms with Gasteiger partial charge in [-0.1, -0.05) is 90.6 Å². The molecule has 0 bridgehead atoms. The van der Waals surface area contributed by atoms with Gasteiger partial charge in [0.25, 0.3) is 0 Å². The highest BCUT2D eigenvalue weighted by molar-refractivity contribution is 5.13. The van der Waals surface area contributed by atoms with E-state index in [-0.39, 0.29) is 12.4 Å². The molecule has 154 valence electrons. The van der Waals surface area contributed by atoms with Crippen LogP contribution in [0.1, 0.15) is 91.5 Å². The fourth-order valence-corrected chi connectivity index (χ4v) is 3.36. The Morgan fingerprint density at radius 2 is 0.923 bits per heavy atom. The molecule has 0 aliphatic heterocycles. The van der Waals surface area contributed by atoms with Crippen LogP contribution in [0.15, 0.2) is 30.3 Å². The molecule has 0 amide bonds.